The van der Waals surface area contributed by atoms with Crippen LogP contribution in [0.5, 0.6) is 0 Å². The summed E-state index contributed by atoms with van der Waals surface area (Å²) in [6.45, 7) is 17.0. The molecule has 3 aliphatic rings. The summed E-state index contributed by atoms with van der Waals surface area (Å²) in [6.07, 6.45) is 0.185. The van der Waals surface area contributed by atoms with E-state index in [0.717, 1.165) is 31.9 Å². The van der Waals surface area contributed by atoms with Crippen molar-refractivity contribution in [2.75, 3.05) is 51.3 Å². The van der Waals surface area contributed by atoms with Crippen LogP contribution in [0.15, 0.2) is 24.3 Å². The number of nitrogens with one attached hydrogen (secondary N) is 1. The number of anilines is 1. The molecule has 8 nitrogen and oxygen atoms in total. The topological polar surface area (TPSA) is 82.2 Å². The molecule has 1 aromatic rings. The first-order chi connectivity index (χ1) is 17.2. The van der Waals surface area contributed by atoms with Crippen molar-refractivity contribution in [2.45, 2.75) is 66.2 Å². The van der Waals surface area contributed by atoms with Crippen LogP contribution in [0.2, 0.25) is 0 Å². The summed E-state index contributed by atoms with van der Waals surface area (Å²) in [5.41, 5.74) is 1.31. The number of hydrogen-bond acceptors (Lipinski definition) is 6. The molecule has 0 aliphatic carbocycles. The molecule has 0 radical (unpaired) electrons. The number of carbonyl (C=O) groups excluding carboxylic acids is 3. The summed E-state index contributed by atoms with van der Waals surface area (Å²) in [5.74, 6) is -0.464. The monoisotopic (exact) mass is 512 g/mol. The van der Waals surface area contributed by atoms with Crippen molar-refractivity contribution in [1.29, 1.82) is 0 Å². The lowest BCUT2D eigenvalue weighted by atomic mass is 9.78. The van der Waals surface area contributed by atoms with E-state index in [1.54, 1.807) is 4.90 Å². The van der Waals surface area contributed by atoms with E-state index in [1.165, 1.54) is 0 Å². The molecule has 4 atom stereocenters. The minimum Gasteiger partial charge on any atom is -0.369 e. The Bertz CT molecular complexity index is 1000. The molecule has 4 rings (SSSR count). The van der Waals surface area contributed by atoms with Gasteiger partial charge in [-0.15, -0.1) is 0 Å². The molecule has 0 bridgehead atoms. The Hall–Kier alpha value is -2.45. The number of Topliss-reactive ketones (excluding diaryl/α,β-unsaturated/α-hetero) is 1. The SMILES string of the molecule is CN1CCN(c2ccc(C(=O)NC(CC(C)(C)C)C(=O)N3C[C@H](C(C)(C)C)[C@H]4OCC(=O)[C@H]43)cc2)CC1. The van der Waals surface area contributed by atoms with E-state index < -0.39 is 12.1 Å². The highest BCUT2D eigenvalue weighted by atomic mass is 16.5. The van der Waals surface area contributed by atoms with Crippen LogP contribution in [0.3, 0.4) is 0 Å². The van der Waals surface area contributed by atoms with Crippen molar-refractivity contribution < 1.29 is 19.1 Å². The van der Waals surface area contributed by atoms with Crippen molar-refractivity contribution in [1.82, 2.24) is 15.1 Å². The van der Waals surface area contributed by atoms with Crippen LogP contribution in [0, 0.1) is 16.7 Å². The highest BCUT2D eigenvalue weighted by molar-refractivity contribution is 5.99. The second-order valence-electron chi connectivity index (χ2n) is 13.3. The van der Waals surface area contributed by atoms with Gasteiger partial charge < -0.3 is 24.8 Å². The van der Waals surface area contributed by atoms with Gasteiger partial charge in [-0.2, -0.15) is 0 Å². The maximum absolute atomic E-state index is 13.9. The Morgan fingerprint density at radius 2 is 1.65 bits per heavy atom. The second kappa shape index (κ2) is 10.4. The summed E-state index contributed by atoms with van der Waals surface area (Å²) >= 11 is 0. The Kier molecular flexibility index (Phi) is 7.73. The normalized spacial score (nSPS) is 25.8. The summed E-state index contributed by atoms with van der Waals surface area (Å²) in [5, 5.41) is 3.02. The molecule has 3 aliphatic heterocycles. The molecule has 8 heteroatoms. The molecule has 204 valence electrons. The van der Waals surface area contributed by atoms with Gasteiger partial charge >= 0.3 is 0 Å². The Morgan fingerprint density at radius 1 is 1.03 bits per heavy atom. The fourth-order valence-corrected chi connectivity index (χ4v) is 5.79. The molecule has 37 heavy (non-hydrogen) atoms. The van der Waals surface area contributed by atoms with Crippen molar-refractivity contribution in [2.24, 2.45) is 16.7 Å². The summed E-state index contributed by atoms with van der Waals surface area (Å²) < 4.78 is 5.87. The van der Waals surface area contributed by atoms with Crippen LogP contribution in [-0.4, -0.2) is 92.0 Å². The number of carbonyl (C=O) groups is 3. The van der Waals surface area contributed by atoms with E-state index in [4.69, 9.17) is 4.74 Å². The van der Waals surface area contributed by atoms with E-state index in [9.17, 15) is 14.4 Å². The standard InChI is InChI=1S/C29H44N4O4/c1-28(2,3)16-22(27(36)33-17-21(29(4,5)6)25-24(33)23(34)18-37-25)30-26(35)19-8-10-20(11-9-19)32-14-12-31(7)13-15-32/h8-11,21-22,24-25H,12-18H2,1-7H3,(H,30,35)/t21-,22?,24+,25+/m0/s1. The average Bonchev–Trinajstić information content (AvgIpc) is 3.38. The summed E-state index contributed by atoms with van der Waals surface area (Å²) in [7, 11) is 2.13. The fourth-order valence-electron chi connectivity index (χ4n) is 5.79. The van der Waals surface area contributed by atoms with Crippen LogP contribution in [-0.2, 0) is 14.3 Å². The molecule has 1 aromatic carbocycles. The number of benzene rings is 1. The molecule has 0 aromatic heterocycles. The zero-order valence-electron chi connectivity index (χ0n) is 23.5. The third-order valence-corrected chi connectivity index (χ3v) is 8.00. The first-order valence-corrected chi connectivity index (χ1v) is 13.5. The van der Waals surface area contributed by atoms with Crippen molar-refractivity contribution in [3.8, 4) is 0 Å². The van der Waals surface area contributed by atoms with Crippen molar-refractivity contribution in [3.05, 3.63) is 29.8 Å². The van der Waals surface area contributed by atoms with Gasteiger partial charge in [-0.25, -0.2) is 0 Å². The number of piperazine rings is 1. The third-order valence-electron chi connectivity index (χ3n) is 8.00. The number of nitrogens with zero attached hydrogens (tertiary/aromatic N) is 3. The number of amides is 2. The molecule has 1 N–H and O–H groups in total. The Balaban J connectivity index is 1.50. The van der Waals surface area contributed by atoms with Gasteiger partial charge in [0.2, 0.25) is 5.91 Å². The van der Waals surface area contributed by atoms with Crippen LogP contribution in [0.1, 0.15) is 58.3 Å². The van der Waals surface area contributed by atoms with Gasteiger partial charge in [-0.1, -0.05) is 41.5 Å². The third kappa shape index (κ3) is 6.17. The van der Waals surface area contributed by atoms with Gasteiger partial charge in [0.05, 0.1) is 6.10 Å². The summed E-state index contributed by atoms with van der Waals surface area (Å²) in [4.78, 5) is 46.3. The molecule has 3 saturated heterocycles. The number of ketones is 1. The average molecular weight is 513 g/mol. The number of rotatable bonds is 5. The van der Waals surface area contributed by atoms with Gasteiger partial charge in [-0.05, 0) is 48.6 Å². The van der Waals surface area contributed by atoms with Gasteiger partial charge in [-0.3, -0.25) is 14.4 Å². The summed E-state index contributed by atoms with van der Waals surface area (Å²) in [6, 6.07) is 6.33. The molecule has 2 amide bonds. The maximum atomic E-state index is 13.9. The van der Waals surface area contributed by atoms with E-state index >= 15 is 0 Å². The van der Waals surface area contributed by atoms with Gasteiger partial charge in [0.15, 0.2) is 5.78 Å². The first-order valence-electron chi connectivity index (χ1n) is 13.5. The minimum atomic E-state index is -0.724. The van der Waals surface area contributed by atoms with Crippen LogP contribution in [0.25, 0.3) is 0 Å². The number of ether oxygens (including phenoxy) is 1. The lowest BCUT2D eigenvalue weighted by Gasteiger charge is -2.34. The molecular formula is C29H44N4O4. The zero-order chi connectivity index (χ0) is 27.1. The van der Waals surface area contributed by atoms with Gasteiger partial charge in [0, 0.05) is 49.9 Å². The Morgan fingerprint density at radius 3 is 2.22 bits per heavy atom. The molecular weight excluding hydrogens is 468 g/mol. The minimum absolute atomic E-state index is 0.0433. The van der Waals surface area contributed by atoms with Crippen molar-refractivity contribution in [3.63, 3.8) is 0 Å². The number of likely N-dealkylation sites (tertiary alicyclic amines) is 1. The first kappa shape index (κ1) is 27.6. The van der Waals surface area contributed by atoms with Crippen LogP contribution < -0.4 is 10.2 Å². The van der Waals surface area contributed by atoms with E-state index in [0.29, 0.717) is 18.5 Å². The maximum Gasteiger partial charge on any atom is 0.251 e. The largest absolute Gasteiger partial charge is 0.369 e. The van der Waals surface area contributed by atoms with Gasteiger partial charge in [0.1, 0.15) is 18.7 Å². The zero-order valence-corrected chi connectivity index (χ0v) is 23.5. The van der Waals surface area contributed by atoms with E-state index in [2.05, 4.69) is 63.7 Å². The molecule has 0 spiro atoms. The number of fused-ring (bicyclic) bond motifs is 1. The highest BCUT2D eigenvalue weighted by Crippen LogP contribution is 2.42. The predicted molar refractivity (Wildman–Crippen MR) is 145 cm³/mol. The van der Waals surface area contributed by atoms with E-state index in [-0.39, 0.29) is 47.1 Å². The Labute approximate surface area is 221 Å². The van der Waals surface area contributed by atoms with Crippen LogP contribution >= 0.6 is 0 Å². The van der Waals surface area contributed by atoms with Crippen molar-refractivity contribution >= 4 is 23.3 Å². The number of hydrogen-bond donors (Lipinski definition) is 1. The molecule has 3 fully saturated rings. The quantitative estimate of drug-likeness (QED) is 0.654. The van der Waals surface area contributed by atoms with Gasteiger partial charge in [0.25, 0.3) is 5.91 Å². The molecule has 0 saturated carbocycles. The fraction of sp³-hybridized carbons (Fsp3) is 0.690. The highest BCUT2D eigenvalue weighted by Gasteiger charge is 2.56. The lowest BCUT2D eigenvalue weighted by Crippen LogP contribution is -2.53. The predicted octanol–water partition coefficient (Wildman–Crippen LogP) is 2.81. The smallest absolute Gasteiger partial charge is 0.251 e. The van der Waals surface area contributed by atoms with Crippen LogP contribution in [0.4, 0.5) is 5.69 Å². The second-order valence-corrected chi connectivity index (χ2v) is 13.3. The van der Waals surface area contributed by atoms with E-state index in [1.807, 2.05) is 24.3 Å². The lowest BCUT2D eigenvalue weighted by molar-refractivity contribution is -0.138. The molecule has 3 heterocycles. The molecule has 1 unspecified atom stereocenters. The number of likely N-dealkylation sites (N-methyl/N-ethyl adjacent to an activating group) is 1.